The summed E-state index contributed by atoms with van der Waals surface area (Å²) in [4.78, 5) is 38.3. The van der Waals surface area contributed by atoms with Crippen LogP contribution in [0.2, 0.25) is 5.02 Å². The topological polar surface area (TPSA) is 75.7 Å². The van der Waals surface area contributed by atoms with E-state index in [1.165, 1.54) is 36.4 Å². The van der Waals surface area contributed by atoms with Crippen LogP contribution in [0.5, 0.6) is 0 Å². The number of nitrogens with zero attached hydrogens (tertiary/aromatic N) is 1. The molecule has 0 unspecified atom stereocenters. The average Bonchev–Trinajstić information content (AvgIpc) is 2.87. The third-order valence-electron chi connectivity index (χ3n) is 3.90. The highest BCUT2D eigenvalue weighted by Crippen LogP contribution is 2.31. The molecule has 1 aliphatic rings. The van der Waals surface area contributed by atoms with Gasteiger partial charge in [0.1, 0.15) is 16.5 Å². The first-order chi connectivity index (χ1) is 13.7. The van der Waals surface area contributed by atoms with Crippen LogP contribution in [-0.2, 0) is 14.3 Å². The molecule has 3 rings (SSSR count). The number of benzene rings is 2. The monoisotopic (exact) mass is 436 g/mol. The predicted molar refractivity (Wildman–Crippen MR) is 107 cm³/mol. The minimum absolute atomic E-state index is 0.156. The Morgan fingerprint density at radius 1 is 1.10 bits per heavy atom. The van der Waals surface area contributed by atoms with Crippen molar-refractivity contribution in [2.24, 2.45) is 0 Å². The van der Waals surface area contributed by atoms with E-state index in [-0.39, 0.29) is 38.8 Å². The average molecular weight is 437 g/mol. The Hall–Kier alpha value is -2.90. The van der Waals surface area contributed by atoms with Gasteiger partial charge in [0, 0.05) is 5.69 Å². The molecule has 0 aromatic heterocycles. The van der Waals surface area contributed by atoms with Crippen LogP contribution in [0.4, 0.5) is 15.8 Å². The van der Waals surface area contributed by atoms with Gasteiger partial charge in [0.2, 0.25) is 0 Å². The first-order valence-electron chi connectivity index (χ1n) is 8.50. The van der Waals surface area contributed by atoms with Crippen molar-refractivity contribution in [3.63, 3.8) is 0 Å². The Balaban J connectivity index is 1.88. The van der Waals surface area contributed by atoms with Crippen LogP contribution in [0.25, 0.3) is 0 Å². The van der Waals surface area contributed by atoms with Gasteiger partial charge in [-0.1, -0.05) is 29.3 Å². The minimum atomic E-state index is -0.762. The highest BCUT2D eigenvalue weighted by atomic mass is 35.5. The Morgan fingerprint density at radius 2 is 1.83 bits per heavy atom. The summed E-state index contributed by atoms with van der Waals surface area (Å²) >= 11 is 11.8. The molecule has 0 bridgehead atoms. The molecule has 2 aromatic carbocycles. The number of amides is 2. The molecule has 0 aliphatic carbocycles. The van der Waals surface area contributed by atoms with E-state index in [2.05, 4.69) is 5.32 Å². The lowest BCUT2D eigenvalue weighted by molar-refractivity contribution is -0.120. The van der Waals surface area contributed by atoms with Crippen LogP contribution in [0.15, 0.2) is 53.2 Å². The van der Waals surface area contributed by atoms with Crippen LogP contribution in [0.1, 0.15) is 24.2 Å². The van der Waals surface area contributed by atoms with Gasteiger partial charge in [-0.2, -0.15) is 0 Å². The lowest BCUT2D eigenvalue weighted by Gasteiger charge is -2.16. The van der Waals surface area contributed by atoms with Crippen molar-refractivity contribution in [2.45, 2.75) is 20.0 Å². The van der Waals surface area contributed by atoms with Gasteiger partial charge in [0.15, 0.2) is 0 Å². The summed E-state index contributed by atoms with van der Waals surface area (Å²) in [5.74, 6) is -2.70. The molecule has 0 fully saturated rings. The summed E-state index contributed by atoms with van der Waals surface area (Å²) in [5.41, 5.74) is 0.432. The number of halogens is 3. The fourth-order valence-electron chi connectivity index (χ4n) is 2.62. The number of anilines is 2. The van der Waals surface area contributed by atoms with E-state index in [0.717, 1.165) is 11.0 Å². The van der Waals surface area contributed by atoms with Gasteiger partial charge in [0.25, 0.3) is 11.8 Å². The molecular formula is C20H15Cl2FN2O4. The number of carbonyl (C=O) groups excluding carboxylic acids is 3. The first-order valence-corrected chi connectivity index (χ1v) is 9.26. The van der Waals surface area contributed by atoms with E-state index in [0.29, 0.717) is 0 Å². The molecule has 0 atom stereocenters. The van der Waals surface area contributed by atoms with E-state index >= 15 is 0 Å². The number of esters is 1. The predicted octanol–water partition coefficient (Wildman–Crippen LogP) is 4.48. The van der Waals surface area contributed by atoms with Crippen molar-refractivity contribution in [1.29, 1.82) is 0 Å². The quantitative estimate of drug-likeness (QED) is 0.552. The maximum atomic E-state index is 13.3. The summed E-state index contributed by atoms with van der Waals surface area (Å²) in [6, 6.07) is 9.60. The second-order valence-electron chi connectivity index (χ2n) is 6.39. The van der Waals surface area contributed by atoms with E-state index in [1.54, 1.807) is 13.8 Å². The molecule has 1 N–H and O–H groups in total. The van der Waals surface area contributed by atoms with Crippen LogP contribution in [0.3, 0.4) is 0 Å². The second kappa shape index (κ2) is 8.23. The molecule has 29 heavy (non-hydrogen) atoms. The highest BCUT2D eigenvalue weighted by Gasteiger charge is 2.39. The SMILES string of the molecule is CC(C)OC(=O)c1cccc(N2C(=O)C(Cl)=C(Nc3ccc(F)c(Cl)c3)C2=O)c1. The summed E-state index contributed by atoms with van der Waals surface area (Å²) in [6.45, 7) is 3.41. The van der Waals surface area contributed by atoms with Gasteiger partial charge in [-0.15, -0.1) is 0 Å². The summed E-state index contributed by atoms with van der Waals surface area (Å²) in [6.07, 6.45) is -0.323. The van der Waals surface area contributed by atoms with Crippen LogP contribution < -0.4 is 10.2 Å². The smallest absolute Gasteiger partial charge is 0.338 e. The summed E-state index contributed by atoms with van der Waals surface area (Å²) in [7, 11) is 0. The van der Waals surface area contributed by atoms with Crippen LogP contribution in [-0.4, -0.2) is 23.9 Å². The number of rotatable bonds is 5. The van der Waals surface area contributed by atoms with Crippen molar-refractivity contribution in [3.8, 4) is 0 Å². The van der Waals surface area contributed by atoms with Gasteiger partial charge < -0.3 is 10.1 Å². The summed E-state index contributed by atoms with van der Waals surface area (Å²) in [5, 5.41) is 2.20. The van der Waals surface area contributed by atoms with Crippen molar-refractivity contribution in [1.82, 2.24) is 0 Å². The Labute approximate surface area is 175 Å². The van der Waals surface area contributed by atoms with Gasteiger partial charge >= 0.3 is 5.97 Å². The number of ether oxygens (including phenoxy) is 1. The Kier molecular flexibility index (Phi) is 5.91. The normalized spacial score (nSPS) is 14.1. The van der Waals surface area contributed by atoms with Gasteiger partial charge in [-0.05, 0) is 50.2 Å². The number of carbonyl (C=O) groups is 3. The molecule has 1 aliphatic heterocycles. The molecular weight excluding hydrogens is 422 g/mol. The van der Waals surface area contributed by atoms with Gasteiger partial charge in [-0.3, -0.25) is 9.59 Å². The molecule has 0 radical (unpaired) electrons. The van der Waals surface area contributed by atoms with Crippen molar-refractivity contribution in [2.75, 3.05) is 10.2 Å². The largest absolute Gasteiger partial charge is 0.459 e. The zero-order valence-electron chi connectivity index (χ0n) is 15.3. The standard InChI is InChI=1S/C20H15Cl2FN2O4/c1-10(2)29-20(28)11-4-3-5-13(8-11)25-18(26)16(22)17(19(25)27)24-12-6-7-15(23)14(21)9-12/h3-10,24H,1-2H3. The second-order valence-corrected chi connectivity index (χ2v) is 7.18. The number of nitrogens with one attached hydrogen (secondary N) is 1. The summed E-state index contributed by atoms with van der Waals surface area (Å²) < 4.78 is 18.5. The lowest BCUT2D eigenvalue weighted by Crippen LogP contribution is -2.32. The molecule has 150 valence electrons. The zero-order chi connectivity index (χ0) is 21.3. The Morgan fingerprint density at radius 3 is 2.48 bits per heavy atom. The third-order valence-corrected chi connectivity index (χ3v) is 4.54. The molecule has 0 saturated heterocycles. The third kappa shape index (κ3) is 4.26. The molecule has 1 heterocycles. The lowest BCUT2D eigenvalue weighted by atomic mass is 10.2. The Bertz CT molecular complexity index is 1050. The number of hydrogen-bond donors (Lipinski definition) is 1. The highest BCUT2D eigenvalue weighted by molar-refractivity contribution is 6.53. The molecule has 0 saturated carbocycles. The number of hydrogen-bond acceptors (Lipinski definition) is 5. The van der Waals surface area contributed by atoms with Crippen molar-refractivity contribution >= 4 is 52.4 Å². The van der Waals surface area contributed by atoms with Crippen LogP contribution >= 0.6 is 23.2 Å². The van der Waals surface area contributed by atoms with Gasteiger partial charge in [-0.25, -0.2) is 14.1 Å². The maximum absolute atomic E-state index is 13.3. The maximum Gasteiger partial charge on any atom is 0.338 e. The molecule has 2 amide bonds. The molecule has 9 heteroatoms. The molecule has 2 aromatic rings. The van der Waals surface area contributed by atoms with Gasteiger partial charge in [0.05, 0.1) is 22.4 Å². The number of imide groups is 1. The van der Waals surface area contributed by atoms with E-state index in [1.807, 2.05) is 0 Å². The van der Waals surface area contributed by atoms with Crippen molar-refractivity contribution < 1.29 is 23.5 Å². The fraction of sp³-hybridized carbons (Fsp3) is 0.150. The fourth-order valence-corrected chi connectivity index (χ4v) is 3.01. The molecule has 0 spiro atoms. The zero-order valence-corrected chi connectivity index (χ0v) is 16.8. The van der Waals surface area contributed by atoms with Crippen molar-refractivity contribution in [3.05, 3.63) is 69.6 Å². The molecule has 6 nitrogen and oxygen atoms in total. The van der Waals surface area contributed by atoms with E-state index in [4.69, 9.17) is 27.9 Å². The van der Waals surface area contributed by atoms with E-state index in [9.17, 15) is 18.8 Å². The van der Waals surface area contributed by atoms with E-state index < -0.39 is 23.6 Å². The first kappa shape index (κ1) is 20.8. The minimum Gasteiger partial charge on any atom is -0.459 e. The van der Waals surface area contributed by atoms with Crippen LogP contribution in [0, 0.1) is 5.82 Å².